The van der Waals surface area contributed by atoms with Gasteiger partial charge < -0.3 is 5.73 Å². The average Bonchev–Trinajstić information content (AvgIpc) is 1.66. The fraction of sp³-hybridized carbons (Fsp3) is 1.00. The Morgan fingerprint density at radius 1 is 1.50 bits per heavy atom. The highest BCUT2D eigenvalue weighted by Crippen LogP contribution is 1.98. The van der Waals surface area contributed by atoms with Crippen molar-refractivity contribution in [2.75, 3.05) is 13.2 Å². The van der Waals surface area contributed by atoms with E-state index < -0.39 is 0 Å². The molecule has 0 aliphatic rings. The van der Waals surface area contributed by atoms with Crippen LogP contribution in [0.15, 0.2) is 0 Å². The van der Waals surface area contributed by atoms with E-state index in [0.717, 1.165) is 6.42 Å². The first-order valence-corrected chi connectivity index (χ1v) is 2.89. The van der Waals surface area contributed by atoms with Gasteiger partial charge in [0.15, 0.2) is 0 Å². The van der Waals surface area contributed by atoms with Gasteiger partial charge in [0.1, 0.15) is 0 Å². The van der Waals surface area contributed by atoms with Gasteiger partial charge in [-0.3, -0.25) is 4.84 Å². The number of halogens is 2. The molecule has 8 heavy (non-hydrogen) atoms. The molecule has 0 bridgehead atoms. The van der Waals surface area contributed by atoms with Crippen LogP contribution >= 0.6 is 23.6 Å². The van der Waals surface area contributed by atoms with Crippen molar-refractivity contribution in [2.24, 2.45) is 5.73 Å². The standard InChI is InChI=1S/C3H8Cl2N2O/c4-7(5)8-3-1-2-6/h1-3,6H2. The molecule has 0 aromatic rings. The van der Waals surface area contributed by atoms with Crippen molar-refractivity contribution in [3.63, 3.8) is 0 Å². The predicted molar refractivity (Wildman–Crippen MR) is 33.2 cm³/mol. The van der Waals surface area contributed by atoms with Gasteiger partial charge in [0.05, 0.1) is 6.61 Å². The second-order valence-corrected chi connectivity index (χ2v) is 1.96. The van der Waals surface area contributed by atoms with E-state index in [9.17, 15) is 0 Å². The van der Waals surface area contributed by atoms with Gasteiger partial charge in [0, 0.05) is 23.6 Å². The minimum atomic E-state index is 0.462. The van der Waals surface area contributed by atoms with Gasteiger partial charge in [-0.2, -0.15) is 0 Å². The van der Waals surface area contributed by atoms with Crippen molar-refractivity contribution < 1.29 is 4.84 Å². The first-order chi connectivity index (χ1) is 3.77. The summed E-state index contributed by atoms with van der Waals surface area (Å²) < 4.78 is 0.621. The zero-order valence-corrected chi connectivity index (χ0v) is 5.82. The fourth-order valence-electron chi connectivity index (χ4n) is 0.217. The van der Waals surface area contributed by atoms with Crippen LogP contribution in [-0.2, 0) is 4.84 Å². The summed E-state index contributed by atoms with van der Waals surface area (Å²) in [6.07, 6.45) is 0.760. The Labute approximate surface area is 58.5 Å². The lowest BCUT2D eigenvalue weighted by atomic mass is 10.5. The van der Waals surface area contributed by atoms with Gasteiger partial charge in [0.2, 0.25) is 0 Å². The van der Waals surface area contributed by atoms with Crippen molar-refractivity contribution in [1.82, 2.24) is 4.10 Å². The van der Waals surface area contributed by atoms with E-state index in [1.807, 2.05) is 0 Å². The lowest BCUT2D eigenvalue weighted by Gasteiger charge is -2.01. The predicted octanol–water partition coefficient (Wildman–Crippen LogP) is 0.876. The first-order valence-electron chi connectivity index (χ1n) is 2.22. The molecule has 0 rings (SSSR count). The van der Waals surface area contributed by atoms with Gasteiger partial charge in [0.25, 0.3) is 0 Å². The molecule has 0 aliphatic heterocycles. The Kier molecular flexibility index (Phi) is 5.92. The van der Waals surface area contributed by atoms with E-state index >= 15 is 0 Å². The summed E-state index contributed by atoms with van der Waals surface area (Å²) in [6.45, 7) is 1.05. The quantitative estimate of drug-likeness (QED) is 0.375. The number of hydrogen-bond donors (Lipinski definition) is 1. The molecule has 3 nitrogen and oxygen atoms in total. The molecule has 0 aromatic carbocycles. The first kappa shape index (κ1) is 8.46. The van der Waals surface area contributed by atoms with Crippen LogP contribution in [0.4, 0.5) is 0 Å². The maximum atomic E-state index is 5.13. The molecule has 0 atom stereocenters. The van der Waals surface area contributed by atoms with Crippen LogP contribution in [0, 0.1) is 0 Å². The van der Waals surface area contributed by atoms with Crippen LogP contribution in [0.5, 0.6) is 0 Å². The lowest BCUT2D eigenvalue weighted by Crippen LogP contribution is -2.07. The third-order valence-corrected chi connectivity index (χ3v) is 0.733. The Morgan fingerprint density at radius 2 is 2.12 bits per heavy atom. The van der Waals surface area contributed by atoms with Crippen LogP contribution in [0.1, 0.15) is 6.42 Å². The Morgan fingerprint density at radius 3 is 2.50 bits per heavy atom. The summed E-state index contributed by atoms with van der Waals surface area (Å²) in [4.78, 5) is 4.57. The van der Waals surface area contributed by atoms with Crippen LogP contribution in [-0.4, -0.2) is 17.3 Å². The fourth-order valence-corrected chi connectivity index (χ4v) is 0.355. The number of hydrogen-bond acceptors (Lipinski definition) is 3. The van der Waals surface area contributed by atoms with E-state index in [4.69, 9.17) is 29.3 Å². The van der Waals surface area contributed by atoms with Gasteiger partial charge in [-0.25, -0.2) is 0 Å². The van der Waals surface area contributed by atoms with Gasteiger partial charge >= 0.3 is 0 Å². The van der Waals surface area contributed by atoms with Crippen molar-refractivity contribution in [2.45, 2.75) is 6.42 Å². The van der Waals surface area contributed by atoms with Crippen molar-refractivity contribution in [1.29, 1.82) is 0 Å². The third kappa shape index (κ3) is 6.46. The molecular formula is C3H8Cl2N2O. The van der Waals surface area contributed by atoms with E-state index in [2.05, 4.69) is 4.84 Å². The Balaban J connectivity index is 2.72. The maximum Gasteiger partial charge on any atom is 0.0727 e. The highest BCUT2D eigenvalue weighted by molar-refractivity contribution is 6.32. The summed E-state index contributed by atoms with van der Waals surface area (Å²) in [5.74, 6) is 0. The molecule has 0 spiro atoms. The molecule has 0 saturated heterocycles. The van der Waals surface area contributed by atoms with E-state index in [0.29, 0.717) is 17.3 Å². The third-order valence-electron chi connectivity index (χ3n) is 0.537. The second-order valence-electron chi connectivity index (χ2n) is 1.18. The number of nitrogens with zero attached hydrogens (tertiary/aromatic N) is 1. The molecule has 0 aliphatic carbocycles. The normalized spacial score (nSPS) is 10.5. The molecule has 2 N–H and O–H groups in total. The molecule has 0 unspecified atom stereocenters. The minimum Gasteiger partial charge on any atom is -0.330 e. The van der Waals surface area contributed by atoms with Crippen LogP contribution in [0.25, 0.3) is 0 Å². The Bertz CT molecular complexity index is 52.5. The van der Waals surface area contributed by atoms with Gasteiger partial charge in [-0.05, 0) is 17.1 Å². The molecule has 5 heteroatoms. The van der Waals surface area contributed by atoms with Gasteiger partial charge in [-0.15, -0.1) is 0 Å². The molecule has 0 heterocycles. The Hall–Kier alpha value is 0.460. The monoisotopic (exact) mass is 158 g/mol. The molecule has 0 saturated carbocycles. The van der Waals surface area contributed by atoms with E-state index in [1.54, 1.807) is 0 Å². The second kappa shape index (κ2) is 5.59. The average molecular weight is 159 g/mol. The van der Waals surface area contributed by atoms with Crippen LogP contribution in [0.3, 0.4) is 0 Å². The largest absolute Gasteiger partial charge is 0.330 e. The zero-order valence-electron chi connectivity index (χ0n) is 4.31. The zero-order chi connectivity index (χ0) is 6.41. The molecule has 0 aromatic heterocycles. The lowest BCUT2D eigenvalue weighted by molar-refractivity contribution is -0.0130. The summed E-state index contributed by atoms with van der Waals surface area (Å²) >= 11 is 10.1. The SMILES string of the molecule is NCCCON(Cl)Cl. The highest BCUT2D eigenvalue weighted by Gasteiger charge is 1.91. The topological polar surface area (TPSA) is 38.5 Å². The van der Waals surface area contributed by atoms with Crippen molar-refractivity contribution >= 4 is 23.6 Å². The van der Waals surface area contributed by atoms with Crippen molar-refractivity contribution in [3.05, 3.63) is 0 Å². The summed E-state index contributed by atoms with van der Waals surface area (Å²) in [6, 6.07) is 0. The molecule has 50 valence electrons. The summed E-state index contributed by atoms with van der Waals surface area (Å²) in [5, 5.41) is 0. The number of nitrogens with two attached hydrogens (primary N) is 1. The number of rotatable bonds is 4. The molecule has 0 amide bonds. The smallest absolute Gasteiger partial charge is 0.0727 e. The molecule has 0 fully saturated rings. The summed E-state index contributed by atoms with van der Waals surface area (Å²) in [7, 11) is 0. The van der Waals surface area contributed by atoms with Gasteiger partial charge in [-0.1, -0.05) is 0 Å². The minimum absolute atomic E-state index is 0.462. The van der Waals surface area contributed by atoms with Crippen LogP contribution < -0.4 is 5.73 Å². The molecular weight excluding hydrogens is 151 g/mol. The van der Waals surface area contributed by atoms with Crippen molar-refractivity contribution in [3.8, 4) is 0 Å². The summed E-state index contributed by atoms with van der Waals surface area (Å²) in [5.41, 5.74) is 5.13. The van der Waals surface area contributed by atoms with Crippen LogP contribution in [0.2, 0.25) is 0 Å². The highest BCUT2D eigenvalue weighted by atomic mass is 35.5. The maximum absolute atomic E-state index is 5.13. The molecule has 0 radical (unpaired) electrons. The van der Waals surface area contributed by atoms with E-state index in [1.165, 1.54) is 0 Å². The van der Waals surface area contributed by atoms with E-state index in [-0.39, 0.29) is 0 Å².